The van der Waals surface area contributed by atoms with Crippen molar-refractivity contribution in [1.29, 1.82) is 0 Å². The van der Waals surface area contributed by atoms with Crippen LogP contribution < -0.4 is 14.8 Å². The number of carbonyl (C=O) groups is 1. The third-order valence-electron chi connectivity index (χ3n) is 3.29. The van der Waals surface area contributed by atoms with Crippen molar-refractivity contribution >= 4 is 33.6 Å². The van der Waals surface area contributed by atoms with Crippen LogP contribution in [0, 0.1) is 0 Å². The highest BCUT2D eigenvalue weighted by Gasteiger charge is 2.06. The van der Waals surface area contributed by atoms with Crippen molar-refractivity contribution < 1.29 is 14.3 Å². The molecule has 2 rings (SSSR count). The summed E-state index contributed by atoms with van der Waals surface area (Å²) >= 11 is 3.44. The molecule has 0 fully saturated rings. The molecule has 0 unspecified atom stereocenters. The molecule has 0 radical (unpaired) electrons. The number of ether oxygens (including phenoxy) is 2. The van der Waals surface area contributed by atoms with E-state index >= 15 is 0 Å². The van der Waals surface area contributed by atoms with Crippen molar-refractivity contribution in [3.05, 3.63) is 58.6 Å². The first-order valence-electron chi connectivity index (χ1n) is 8.27. The first-order valence-corrected chi connectivity index (χ1v) is 9.06. The van der Waals surface area contributed by atoms with Crippen molar-refractivity contribution in [3.8, 4) is 11.5 Å². The van der Waals surface area contributed by atoms with Crippen LogP contribution in [0.2, 0.25) is 0 Å². The maximum atomic E-state index is 12.3. The number of amides is 1. The molecule has 1 N–H and O–H groups in total. The lowest BCUT2D eigenvalue weighted by atomic mass is 10.2. The van der Waals surface area contributed by atoms with Crippen LogP contribution in [0.5, 0.6) is 11.5 Å². The molecule has 0 saturated carbocycles. The molecule has 25 heavy (non-hydrogen) atoms. The maximum absolute atomic E-state index is 12.3. The zero-order valence-corrected chi connectivity index (χ0v) is 16.0. The highest BCUT2D eigenvalue weighted by atomic mass is 79.9. The molecule has 2 aromatic rings. The van der Waals surface area contributed by atoms with E-state index in [1.807, 2.05) is 56.3 Å². The summed E-state index contributed by atoms with van der Waals surface area (Å²) < 4.78 is 12.2. The predicted octanol–water partition coefficient (Wildman–Crippen LogP) is 5.29. The van der Waals surface area contributed by atoms with Crippen molar-refractivity contribution in [2.75, 3.05) is 18.5 Å². The second-order valence-corrected chi connectivity index (χ2v) is 6.20. The molecular formula is C20H22BrNO3. The Bertz CT molecular complexity index is 743. The molecule has 0 heterocycles. The van der Waals surface area contributed by atoms with E-state index in [-0.39, 0.29) is 5.91 Å². The number of carbonyl (C=O) groups excluding carboxylic acids is 1. The molecule has 0 aliphatic rings. The Morgan fingerprint density at radius 1 is 1.12 bits per heavy atom. The number of anilines is 1. The molecule has 2 aromatic carbocycles. The van der Waals surface area contributed by atoms with E-state index in [2.05, 4.69) is 21.2 Å². The molecule has 0 atom stereocenters. The van der Waals surface area contributed by atoms with Crippen LogP contribution in [0.4, 0.5) is 5.69 Å². The van der Waals surface area contributed by atoms with Crippen LogP contribution in [-0.4, -0.2) is 19.1 Å². The van der Waals surface area contributed by atoms with Gasteiger partial charge in [-0.05, 0) is 49.8 Å². The average molecular weight is 404 g/mol. The van der Waals surface area contributed by atoms with Crippen LogP contribution in [-0.2, 0) is 4.79 Å². The monoisotopic (exact) mass is 403 g/mol. The second-order valence-electron chi connectivity index (χ2n) is 5.28. The van der Waals surface area contributed by atoms with Gasteiger partial charge in [0.25, 0.3) is 0 Å². The lowest BCUT2D eigenvalue weighted by Gasteiger charge is -2.11. The van der Waals surface area contributed by atoms with E-state index in [1.54, 1.807) is 6.08 Å². The van der Waals surface area contributed by atoms with E-state index in [0.29, 0.717) is 24.7 Å². The fourth-order valence-corrected chi connectivity index (χ4v) is 2.56. The SMILES string of the molecule is CCCOc1ccccc1NC(=O)C=Cc1cc(Br)ccc1OCC. The van der Waals surface area contributed by atoms with Gasteiger partial charge in [0.15, 0.2) is 0 Å². The molecule has 0 aromatic heterocycles. The fourth-order valence-electron chi connectivity index (χ4n) is 2.18. The molecule has 0 spiro atoms. The topological polar surface area (TPSA) is 47.6 Å². The number of rotatable bonds is 8. The van der Waals surface area contributed by atoms with E-state index < -0.39 is 0 Å². The fraction of sp³-hybridized carbons (Fsp3) is 0.250. The minimum Gasteiger partial charge on any atom is -0.493 e. The lowest BCUT2D eigenvalue weighted by molar-refractivity contribution is -0.111. The summed E-state index contributed by atoms with van der Waals surface area (Å²) in [5, 5.41) is 2.85. The predicted molar refractivity (Wildman–Crippen MR) is 105 cm³/mol. The van der Waals surface area contributed by atoms with E-state index in [9.17, 15) is 4.79 Å². The van der Waals surface area contributed by atoms with Crippen molar-refractivity contribution in [1.82, 2.24) is 0 Å². The molecular weight excluding hydrogens is 382 g/mol. The van der Waals surface area contributed by atoms with Crippen molar-refractivity contribution in [2.45, 2.75) is 20.3 Å². The number of hydrogen-bond acceptors (Lipinski definition) is 3. The molecule has 4 nitrogen and oxygen atoms in total. The van der Waals surface area contributed by atoms with Crippen LogP contribution in [0.15, 0.2) is 53.0 Å². The highest BCUT2D eigenvalue weighted by Crippen LogP contribution is 2.26. The number of benzene rings is 2. The Kier molecular flexibility index (Phi) is 7.54. The van der Waals surface area contributed by atoms with E-state index in [0.717, 1.165) is 22.2 Å². The van der Waals surface area contributed by atoms with Gasteiger partial charge in [0.05, 0.1) is 18.9 Å². The summed E-state index contributed by atoms with van der Waals surface area (Å²) in [5.41, 5.74) is 1.49. The van der Waals surface area contributed by atoms with E-state index in [4.69, 9.17) is 9.47 Å². The molecule has 1 amide bonds. The van der Waals surface area contributed by atoms with Crippen molar-refractivity contribution in [3.63, 3.8) is 0 Å². The smallest absolute Gasteiger partial charge is 0.248 e. The van der Waals surface area contributed by atoms with Gasteiger partial charge >= 0.3 is 0 Å². The number of nitrogens with one attached hydrogen (secondary N) is 1. The quantitative estimate of drug-likeness (QED) is 0.609. The maximum Gasteiger partial charge on any atom is 0.248 e. The van der Waals surface area contributed by atoms with Crippen LogP contribution in [0.3, 0.4) is 0 Å². The minimum atomic E-state index is -0.227. The summed E-state index contributed by atoms with van der Waals surface area (Å²) in [6.07, 6.45) is 4.13. The average Bonchev–Trinajstić information content (AvgIpc) is 2.61. The first kappa shape index (κ1) is 19.1. The summed E-state index contributed by atoms with van der Waals surface area (Å²) in [6.45, 7) is 5.14. The molecule has 5 heteroatoms. The lowest BCUT2D eigenvalue weighted by Crippen LogP contribution is -2.09. The number of hydrogen-bond donors (Lipinski definition) is 1. The van der Waals surface area contributed by atoms with Crippen LogP contribution in [0.1, 0.15) is 25.8 Å². The van der Waals surface area contributed by atoms with Gasteiger partial charge in [-0.15, -0.1) is 0 Å². The van der Waals surface area contributed by atoms with Gasteiger partial charge in [-0.1, -0.05) is 35.0 Å². The van der Waals surface area contributed by atoms with Gasteiger partial charge in [-0.25, -0.2) is 0 Å². The first-order chi connectivity index (χ1) is 12.1. The molecule has 132 valence electrons. The molecule has 0 bridgehead atoms. The Morgan fingerprint density at radius 3 is 2.68 bits per heavy atom. The van der Waals surface area contributed by atoms with Gasteiger partial charge < -0.3 is 14.8 Å². The second kappa shape index (κ2) is 9.89. The third kappa shape index (κ3) is 5.94. The largest absolute Gasteiger partial charge is 0.493 e. The van der Waals surface area contributed by atoms with Gasteiger partial charge in [-0.3, -0.25) is 4.79 Å². The standard InChI is InChI=1S/C20H22BrNO3/c1-3-13-25-19-8-6-5-7-17(19)22-20(23)12-9-15-14-16(21)10-11-18(15)24-4-2/h5-12,14H,3-4,13H2,1-2H3,(H,22,23). The Labute approximate surface area is 157 Å². The van der Waals surface area contributed by atoms with Gasteiger partial charge in [0, 0.05) is 16.1 Å². The molecule has 0 saturated heterocycles. The Morgan fingerprint density at radius 2 is 1.92 bits per heavy atom. The molecule has 0 aliphatic carbocycles. The summed E-state index contributed by atoms with van der Waals surface area (Å²) in [7, 11) is 0. The normalized spacial score (nSPS) is 10.7. The van der Waals surface area contributed by atoms with Gasteiger partial charge in [0.2, 0.25) is 5.91 Å². The summed E-state index contributed by atoms with van der Waals surface area (Å²) in [5.74, 6) is 1.18. The zero-order chi connectivity index (χ0) is 18.1. The minimum absolute atomic E-state index is 0.227. The summed E-state index contributed by atoms with van der Waals surface area (Å²) in [6, 6.07) is 13.1. The Hall–Kier alpha value is -2.27. The van der Waals surface area contributed by atoms with Gasteiger partial charge in [-0.2, -0.15) is 0 Å². The number of para-hydroxylation sites is 2. The van der Waals surface area contributed by atoms with E-state index in [1.165, 1.54) is 6.08 Å². The third-order valence-corrected chi connectivity index (χ3v) is 3.79. The zero-order valence-electron chi connectivity index (χ0n) is 14.4. The summed E-state index contributed by atoms with van der Waals surface area (Å²) in [4.78, 5) is 12.3. The Balaban J connectivity index is 2.10. The molecule has 0 aliphatic heterocycles. The van der Waals surface area contributed by atoms with Crippen LogP contribution >= 0.6 is 15.9 Å². The highest BCUT2D eigenvalue weighted by molar-refractivity contribution is 9.10. The van der Waals surface area contributed by atoms with Gasteiger partial charge in [0.1, 0.15) is 11.5 Å². The van der Waals surface area contributed by atoms with Crippen molar-refractivity contribution in [2.24, 2.45) is 0 Å². The number of halogens is 1. The van der Waals surface area contributed by atoms with Crippen LogP contribution in [0.25, 0.3) is 6.08 Å².